The molecule has 4 aromatic carbocycles. The van der Waals surface area contributed by atoms with Gasteiger partial charge in [0.25, 0.3) is 5.91 Å². The molecule has 1 aliphatic rings. The Bertz CT molecular complexity index is 1570. The van der Waals surface area contributed by atoms with Crippen LogP contribution < -0.4 is 14.4 Å². The molecule has 5 rings (SSSR count). The number of para-hydroxylation sites is 1. The lowest BCUT2D eigenvalue weighted by Crippen LogP contribution is -2.23. The molecule has 0 aliphatic carbocycles. The van der Waals surface area contributed by atoms with Crippen molar-refractivity contribution in [3.63, 3.8) is 0 Å². The average molecular weight is 480 g/mol. The van der Waals surface area contributed by atoms with E-state index in [0.717, 1.165) is 6.07 Å². The van der Waals surface area contributed by atoms with Gasteiger partial charge in [0.2, 0.25) is 10.0 Å². The van der Waals surface area contributed by atoms with Gasteiger partial charge in [-0.3, -0.25) is 4.79 Å². The predicted octanol–water partition coefficient (Wildman–Crippen LogP) is 4.98. The van der Waals surface area contributed by atoms with E-state index in [2.05, 4.69) is 4.72 Å². The maximum atomic E-state index is 14.5. The summed E-state index contributed by atoms with van der Waals surface area (Å²) >= 11 is 0. The first kappa shape index (κ1) is 22.0. The Morgan fingerprint density at radius 3 is 2.44 bits per heavy atom. The first-order chi connectivity index (χ1) is 16.3. The van der Waals surface area contributed by atoms with Gasteiger partial charge in [-0.1, -0.05) is 30.3 Å². The smallest absolute Gasteiger partial charge is 0.258 e. The van der Waals surface area contributed by atoms with Gasteiger partial charge in [-0.05, 0) is 48.0 Å². The number of carbonyl (C=O) groups is 1. The summed E-state index contributed by atoms with van der Waals surface area (Å²) in [6.07, 6.45) is 0. The fourth-order valence-electron chi connectivity index (χ4n) is 3.98. The lowest BCUT2D eigenvalue weighted by Gasteiger charge is -2.13. The molecule has 0 spiro atoms. The van der Waals surface area contributed by atoms with Crippen LogP contribution in [0.25, 0.3) is 10.8 Å². The van der Waals surface area contributed by atoms with Gasteiger partial charge in [-0.25, -0.2) is 21.9 Å². The third-order valence-corrected chi connectivity index (χ3v) is 7.14. The summed E-state index contributed by atoms with van der Waals surface area (Å²) in [4.78, 5) is 13.9. The molecule has 0 fully saturated rings. The van der Waals surface area contributed by atoms with Crippen LogP contribution in [0.15, 0.2) is 77.7 Å². The quantitative estimate of drug-likeness (QED) is 0.422. The van der Waals surface area contributed by atoms with E-state index in [4.69, 9.17) is 4.74 Å². The highest BCUT2D eigenvalue weighted by molar-refractivity contribution is 7.89. The van der Waals surface area contributed by atoms with E-state index in [1.165, 1.54) is 41.3 Å². The Labute approximate surface area is 194 Å². The summed E-state index contributed by atoms with van der Waals surface area (Å²) in [7, 11) is -2.35. The van der Waals surface area contributed by atoms with Crippen LogP contribution in [0.1, 0.15) is 15.9 Å². The summed E-state index contributed by atoms with van der Waals surface area (Å²) in [6, 6.07) is 17.6. The van der Waals surface area contributed by atoms with Gasteiger partial charge in [-0.2, -0.15) is 0 Å². The third-order valence-electron chi connectivity index (χ3n) is 5.68. The second kappa shape index (κ2) is 8.19. The van der Waals surface area contributed by atoms with E-state index >= 15 is 0 Å². The number of anilines is 1. The number of benzene rings is 4. The van der Waals surface area contributed by atoms with E-state index in [9.17, 15) is 22.0 Å². The van der Waals surface area contributed by atoms with Gasteiger partial charge in [0, 0.05) is 29.9 Å². The minimum absolute atomic E-state index is 0.0242. The van der Waals surface area contributed by atoms with Crippen LogP contribution in [0, 0.1) is 11.6 Å². The van der Waals surface area contributed by atoms with Gasteiger partial charge < -0.3 is 9.64 Å². The number of sulfonamides is 1. The van der Waals surface area contributed by atoms with Gasteiger partial charge in [-0.15, -0.1) is 0 Å². The number of halogens is 2. The van der Waals surface area contributed by atoms with Gasteiger partial charge >= 0.3 is 0 Å². The molecule has 0 saturated heterocycles. The number of nitrogens with zero attached hydrogens (tertiary/aromatic N) is 1. The fraction of sp³-hybridized carbons (Fsp3) is 0.0800. The van der Waals surface area contributed by atoms with Gasteiger partial charge in [0.15, 0.2) is 23.1 Å². The molecule has 0 atom stereocenters. The predicted molar refractivity (Wildman–Crippen MR) is 124 cm³/mol. The molecule has 34 heavy (non-hydrogen) atoms. The Morgan fingerprint density at radius 1 is 0.912 bits per heavy atom. The van der Waals surface area contributed by atoms with Crippen molar-refractivity contribution >= 4 is 32.4 Å². The van der Waals surface area contributed by atoms with Crippen LogP contribution in [-0.2, 0) is 16.6 Å². The van der Waals surface area contributed by atoms with Crippen molar-refractivity contribution in [1.29, 1.82) is 0 Å². The third kappa shape index (κ3) is 3.68. The van der Waals surface area contributed by atoms with Crippen molar-refractivity contribution in [3.05, 3.63) is 95.6 Å². The zero-order valence-electron chi connectivity index (χ0n) is 17.9. The van der Waals surface area contributed by atoms with E-state index in [1.807, 2.05) is 0 Å². The molecule has 0 saturated carbocycles. The second-order valence-electron chi connectivity index (χ2n) is 7.80. The molecular weight excluding hydrogens is 462 g/mol. The Kier molecular flexibility index (Phi) is 5.30. The van der Waals surface area contributed by atoms with E-state index in [1.54, 1.807) is 37.4 Å². The number of hydrogen-bond donors (Lipinski definition) is 1. The molecule has 172 valence electrons. The zero-order valence-corrected chi connectivity index (χ0v) is 18.7. The molecule has 1 aliphatic heterocycles. The highest BCUT2D eigenvalue weighted by Crippen LogP contribution is 2.39. The van der Waals surface area contributed by atoms with Crippen molar-refractivity contribution in [2.24, 2.45) is 0 Å². The summed E-state index contributed by atoms with van der Waals surface area (Å²) < 4.78 is 62.2. The van der Waals surface area contributed by atoms with Crippen molar-refractivity contribution in [1.82, 2.24) is 4.72 Å². The molecule has 1 heterocycles. The van der Waals surface area contributed by atoms with Gasteiger partial charge in [0.1, 0.15) is 0 Å². The first-order valence-corrected chi connectivity index (χ1v) is 11.8. The molecule has 4 aromatic rings. The molecule has 1 amide bonds. The molecule has 6 nitrogen and oxygen atoms in total. The monoisotopic (exact) mass is 480 g/mol. The lowest BCUT2D eigenvalue weighted by molar-refractivity contribution is 0.0999. The molecule has 0 unspecified atom stereocenters. The maximum absolute atomic E-state index is 14.5. The fourth-order valence-corrected chi connectivity index (χ4v) is 5.20. The number of nitrogens with one attached hydrogen (secondary N) is 1. The average Bonchev–Trinajstić information content (AvgIpc) is 3.07. The second-order valence-corrected chi connectivity index (χ2v) is 9.53. The number of ether oxygens (including phenoxy) is 1. The van der Waals surface area contributed by atoms with Gasteiger partial charge in [0.05, 0.1) is 10.6 Å². The van der Waals surface area contributed by atoms with E-state index in [-0.39, 0.29) is 28.8 Å². The molecular formula is C25H18F2N2O4S. The van der Waals surface area contributed by atoms with Crippen LogP contribution in [0.2, 0.25) is 0 Å². The Hall–Kier alpha value is -3.82. The minimum Gasteiger partial charge on any atom is -0.451 e. The number of hydrogen-bond acceptors (Lipinski definition) is 4. The lowest BCUT2D eigenvalue weighted by atomic mass is 10.1. The Balaban J connectivity index is 1.39. The van der Waals surface area contributed by atoms with Crippen LogP contribution in [-0.4, -0.2) is 21.4 Å². The number of rotatable bonds is 6. The molecule has 1 N–H and O–H groups in total. The largest absolute Gasteiger partial charge is 0.451 e. The number of amides is 1. The van der Waals surface area contributed by atoms with Crippen molar-refractivity contribution < 1.29 is 26.7 Å². The summed E-state index contributed by atoms with van der Waals surface area (Å²) in [5.74, 6) is -1.89. The summed E-state index contributed by atoms with van der Waals surface area (Å²) in [6.45, 7) is -0.180. The van der Waals surface area contributed by atoms with Crippen LogP contribution in [0.4, 0.5) is 14.5 Å². The molecule has 9 heteroatoms. The van der Waals surface area contributed by atoms with Crippen molar-refractivity contribution in [2.75, 3.05) is 11.9 Å². The topological polar surface area (TPSA) is 75.7 Å². The maximum Gasteiger partial charge on any atom is 0.258 e. The first-order valence-electron chi connectivity index (χ1n) is 10.3. The highest BCUT2D eigenvalue weighted by Gasteiger charge is 2.30. The normalized spacial score (nSPS) is 13.0. The van der Waals surface area contributed by atoms with Crippen molar-refractivity contribution in [3.8, 4) is 11.5 Å². The van der Waals surface area contributed by atoms with E-state index in [0.29, 0.717) is 27.6 Å². The minimum atomic E-state index is -3.99. The van der Waals surface area contributed by atoms with Crippen LogP contribution in [0.5, 0.6) is 11.5 Å². The SMILES string of the molecule is CN1C(=O)c2cccc3c(S(=O)(=O)NCc4ccc(Oc5ccccc5F)c(F)c4)ccc1c23. The summed E-state index contributed by atoms with van der Waals surface area (Å²) in [5.41, 5.74) is 1.43. The summed E-state index contributed by atoms with van der Waals surface area (Å²) in [5, 5.41) is 1.01. The van der Waals surface area contributed by atoms with Crippen LogP contribution in [0.3, 0.4) is 0 Å². The van der Waals surface area contributed by atoms with E-state index < -0.39 is 21.7 Å². The molecule has 0 aromatic heterocycles. The zero-order chi connectivity index (χ0) is 24.0. The Morgan fingerprint density at radius 2 is 1.68 bits per heavy atom. The molecule has 0 bridgehead atoms. The molecule has 0 radical (unpaired) electrons. The number of carbonyl (C=O) groups excluding carboxylic acids is 1. The standard InChI is InChI=1S/C25H18F2N2O4S/c1-29-20-10-12-23(16-5-4-6-17(24(16)20)25(29)30)34(31,32)28-14-15-9-11-22(19(27)13-15)33-21-8-3-2-7-18(21)26/h2-13,28H,14H2,1H3. The highest BCUT2D eigenvalue weighted by atomic mass is 32.2. The van der Waals surface area contributed by atoms with Crippen LogP contribution >= 0.6 is 0 Å². The van der Waals surface area contributed by atoms with Crippen molar-refractivity contribution in [2.45, 2.75) is 11.4 Å².